The molecule has 3 heterocycles. The first kappa shape index (κ1) is 23.8. The molecule has 7 heteroatoms. The smallest absolute Gasteiger partial charge is 0.177 e. The number of nitrogens with zero attached hydrogens (tertiary/aromatic N) is 2. The van der Waals surface area contributed by atoms with Crippen LogP contribution in [0, 0.1) is 0 Å². The highest BCUT2D eigenvalue weighted by Gasteiger charge is 2.52. The van der Waals surface area contributed by atoms with E-state index in [2.05, 4.69) is 59.3 Å². The fraction of sp³-hybridized carbons (Fsp3) is 0.600. The van der Waals surface area contributed by atoms with Gasteiger partial charge in [-0.2, -0.15) is 0 Å². The number of rotatable bonds is 4. The zero-order valence-electron chi connectivity index (χ0n) is 22.1. The molecule has 1 N–H and O–H groups in total. The molecule has 0 radical (unpaired) electrons. The van der Waals surface area contributed by atoms with Gasteiger partial charge in [-0.1, -0.05) is 25.1 Å². The normalized spacial score (nSPS) is 34.3. The van der Waals surface area contributed by atoms with Crippen molar-refractivity contribution in [2.45, 2.75) is 100 Å². The highest BCUT2D eigenvalue weighted by molar-refractivity contribution is 7.95. The lowest BCUT2D eigenvalue weighted by Crippen LogP contribution is -2.54. The largest absolute Gasteiger partial charge is 0.492 e. The summed E-state index contributed by atoms with van der Waals surface area (Å²) in [6.45, 7) is 6.40. The van der Waals surface area contributed by atoms with E-state index in [1.54, 1.807) is 0 Å². The fourth-order valence-corrected chi connectivity index (χ4v) is 9.41. The maximum absolute atomic E-state index is 14.0. The zero-order chi connectivity index (χ0) is 25.4. The molecular formula is C30H39N3O3S. The van der Waals surface area contributed by atoms with Gasteiger partial charge in [-0.15, -0.1) is 0 Å². The number of sulfone groups is 1. The molecule has 2 atom stereocenters. The lowest BCUT2D eigenvalue weighted by atomic mass is 9.77. The minimum Gasteiger partial charge on any atom is -0.492 e. The van der Waals surface area contributed by atoms with E-state index in [0.717, 1.165) is 44.5 Å². The summed E-state index contributed by atoms with van der Waals surface area (Å²) >= 11 is 0. The summed E-state index contributed by atoms with van der Waals surface area (Å²) in [7, 11) is -3.37. The van der Waals surface area contributed by atoms with Gasteiger partial charge in [0.05, 0.1) is 28.2 Å². The van der Waals surface area contributed by atoms with Gasteiger partial charge >= 0.3 is 0 Å². The Bertz CT molecular complexity index is 1300. The molecule has 7 rings (SSSR count). The summed E-state index contributed by atoms with van der Waals surface area (Å²) < 4.78 is 34.3. The lowest BCUT2D eigenvalue weighted by Gasteiger charge is -2.49. The molecule has 1 saturated heterocycles. The molecule has 1 aromatic carbocycles. The second-order valence-corrected chi connectivity index (χ2v) is 14.5. The van der Waals surface area contributed by atoms with Crippen LogP contribution >= 0.6 is 0 Å². The van der Waals surface area contributed by atoms with Gasteiger partial charge < -0.3 is 15.0 Å². The van der Waals surface area contributed by atoms with Crippen LogP contribution in [0.25, 0.3) is 0 Å². The predicted octanol–water partition coefficient (Wildman–Crippen LogP) is 5.51. The number of anilines is 2. The Kier molecular flexibility index (Phi) is 5.39. The van der Waals surface area contributed by atoms with E-state index in [1.165, 1.54) is 29.9 Å². The van der Waals surface area contributed by atoms with Gasteiger partial charge in [-0.05, 0) is 82.6 Å². The molecule has 6 aliphatic rings. The van der Waals surface area contributed by atoms with Gasteiger partial charge in [-0.3, -0.25) is 4.90 Å². The van der Waals surface area contributed by atoms with Crippen LogP contribution in [-0.4, -0.2) is 54.9 Å². The molecular weight excluding hydrogens is 482 g/mol. The van der Waals surface area contributed by atoms with E-state index in [1.807, 2.05) is 12.2 Å². The second-order valence-electron chi connectivity index (χ2n) is 12.2. The van der Waals surface area contributed by atoms with Crippen LogP contribution in [0.1, 0.15) is 71.6 Å². The van der Waals surface area contributed by atoms with Crippen LogP contribution in [0.15, 0.2) is 58.9 Å². The van der Waals surface area contributed by atoms with Crippen LogP contribution < -0.4 is 10.2 Å². The quantitative estimate of drug-likeness (QED) is 0.564. The van der Waals surface area contributed by atoms with Crippen molar-refractivity contribution in [2.75, 3.05) is 23.3 Å². The molecule has 2 saturated carbocycles. The maximum Gasteiger partial charge on any atom is 0.177 e. The average Bonchev–Trinajstić information content (AvgIpc) is 3.45. The van der Waals surface area contributed by atoms with Crippen molar-refractivity contribution in [3.05, 3.63) is 58.9 Å². The van der Waals surface area contributed by atoms with Gasteiger partial charge in [0.15, 0.2) is 9.84 Å². The molecule has 198 valence electrons. The Labute approximate surface area is 221 Å². The molecule has 3 aliphatic heterocycles. The Morgan fingerprint density at radius 1 is 1.11 bits per heavy atom. The Morgan fingerprint density at radius 2 is 1.89 bits per heavy atom. The summed E-state index contributed by atoms with van der Waals surface area (Å²) in [6, 6.07) is 8.58. The number of hydrogen-bond acceptors (Lipinski definition) is 6. The second kappa shape index (κ2) is 8.37. The summed E-state index contributed by atoms with van der Waals surface area (Å²) in [5, 5.41) is 3.55. The van der Waals surface area contributed by atoms with E-state index < -0.39 is 9.84 Å². The molecule has 0 amide bonds. The van der Waals surface area contributed by atoms with Crippen molar-refractivity contribution in [3.8, 4) is 0 Å². The molecule has 1 aromatic rings. The standard InChI is InChI=1S/C30H39N3O3S/c1-3-21-20-33(29(2)16-17-29)26-19-23(10-11-27(26)36-21)37(34,35)22-12-14-30(15-13-22)28-9-6-18-32(28)25-8-5-4-7-24(25)31-30/h4-5,7-11,21-22,26,31H,3,6,12-20H2,1-2H3. The first-order chi connectivity index (χ1) is 17.8. The summed E-state index contributed by atoms with van der Waals surface area (Å²) in [5.74, 6) is 0.964. The van der Waals surface area contributed by atoms with Gasteiger partial charge in [0.2, 0.25) is 0 Å². The van der Waals surface area contributed by atoms with Crippen LogP contribution in [0.2, 0.25) is 0 Å². The van der Waals surface area contributed by atoms with Crippen molar-refractivity contribution >= 4 is 21.2 Å². The van der Waals surface area contributed by atoms with Gasteiger partial charge in [0, 0.05) is 35.7 Å². The molecule has 37 heavy (non-hydrogen) atoms. The minimum absolute atomic E-state index is 0.0497. The third-order valence-electron chi connectivity index (χ3n) is 9.99. The number of morpholine rings is 1. The molecule has 0 aromatic heterocycles. The van der Waals surface area contributed by atoms with Crippen molar-refractivity contribution in [1.82, 2.24) is 4.90 Å². The Hall–Kier alpha value is -2.25. The maximum atomic E-state index is 14.0. The lowest BCUT2D eigenvalue weighted by molar-refractivity contribution is -0.0362. The summed E-state index contributed by atoms with van der Waals surface area (Å²) in [4.78, 5) is 5.62. The number of hydrogen-bond donors (Lipinski definition) is 1. The number of nitrogens with one attached hydrogen (secondary N) is 1. The first-order valence-electron chi connectivity index (χ1n) is 14.3. The highest BCUT2D eigenvalue weighted by atomic mass is 32.2. The van der Waals surface area contributed by atoms with Crippen molar-refractivity contribution < 1.29 is 13.2 Å². The molecule has 6 nitrogen and oxygen atoms in total. The van der Waals surface area contributed by atoms with Gasteiger partial charge in [-0.25, -0.2) is 8.42 Å². The minimum atomic E-state index is -3.37. The van der Waals surface area contributed by atoms with E-state index in [4.69, 9.17) is 4.74 Å². The van der Waals surface area contributed by atoms with Crippen LogP contribution in [0.5, 0.6) is 0 Å². The Morgan fingerprint density at radius 3 is 2.65 bits per heavy atom. The Balaban J connectivity index is 1.12. The van der Waals surface area contributed by atoms with Gasteiger partial charge in [0.25, 0.3) is 0 Å². The molecule has 0 bridgehead atoms. The third-order valence-corrected chi connectivity index (χ3v) is 12.4. The fourth-order valence-electron chi connectivity index (χ4n) is 7.48. The van der Waals surface area contributed by atoms with E-state index in [0.29, 0.717) is 24.2 Å². The highest BCUT2D eigenvalue weighted by Crippen LogP contribution is 2.51. The van der Waals surface area contributed by atoms with Crippen LogP contribution in [0.4, 0.5) is 11.4 Å². The number of benzene rings is 1. The van der Waals surface area contributed by atoms with Gasteiger partial charge in [0.1, 0.15) is 11.9 Å². The summed E-state index contributed by atoms with van der Waals surface area (Å²) in [5.41, 5.74) is 3.80. The van der Waals surface area contributed by atoms with E-state index in [-0.39, 0.29) is 28.5 Å². The van der Waals surface area contributed by atoms with Crippen molar-refractivity contribution in [1.29, 1.82) is 0 Å². The van der Waals surface area contributed by atoms with Crippen LogP contribution in [-0.2, 0) is 14.6 Å². The SMILES string of the molecule is CCC1CN(C2(C)CC2)C2CC(S(=O)(=O)C3CCC4(CC3)Nc3ccccc3N3CCC=C34)=CC=C2O1. The molecule has 2 unspecified atom stereocenters. The average molecular weight is 522 g/mol. The topological polar surface area (TPSA) is 61.9 Å². The summed E-state index contributed by atoms with van der Waals surface area (Å²) in [6.07, 6.45) is 14.4. The number of ether oxygens (including phenoxy) is 1. The van der Waals surface area contributed by atoms with Crippen LogP contribution in [0.3, 0.4) is 0 Å². The predicted molar refractivity (Wildman–Crippen MR) is 148 cm³/mol. The van der Waals surface area contributed by atoms with E-state index in [9.17, 15) is 8.42 Å². The molecule has 1 spiro atoms. The molecule has 3 fully saturated rings. The monoisotopic (exact) mass is 521 g/mol. The number of para-hydroxylation sites is 2. The number of fused-ring (bicyclic) bond motifs is 5. The third kappa shape index (κ3) is 3.71. The van der Waals surface area contributed by atoms with Crippen molar-refractivity contribution in [3.63, 3.8) is 0 Å². The van der Waals surface area contributed by atoms with Crippen molar-refractivity contribution in [2.24, 2.45) is 0 Å². The first-order valence-corrected chi connectivity index (χ1v) is 15.8. The van der Waals surface area contributed by atoms with E-state index >= 15 is 0 Å². The zero-order valence-corrected chi connectivity index (χ0v) is 22.9. The number of allylic oxidation sites excluding steroid dienone is 2. The molecule has 3 aliphatic carbocycles.